The fourth-order valence-electron chi connectivity index (χ4n) is 4.09. The molecule has 8 heteroatoms. The molecule has 0 aromatic heterocycles. The van der Waals surface area contributed by atoms with Gasteiger partial charge >= 0.3 is 5.97 Å². The van der Waals surface area contributed by atoms with E-state index in [0.717, 1.165) is 43.8 Å². The molecule has 0 saturated carbocycles. The lowest BCUT2D eigenvalue weighted by atomic mass is 10.1. The minimum atomic E-state index is -0.467. The second-order valence-electron chi connectivity index (χ2n) is 8.66. The fourth-order valence-corrected chi connectivity index (χ4v) is 4.09. The van der Waals surface area contributed by atoms with E-state index in [2.05, 4.69) is 4.90 Å². The maximum Gasteiger partial charge on any atom is 0.334 e. The van der Waals surface area contributed by atoms with E-state index in [1.807, 2.05) is 50.1 Å². The first kappa shape index (κ1) is 25.1. The van der Waals surface area contributed by atoms with Crippen molar-refractivity contribution < 1.29 is 14.3 Å². The Labute approximate surface area is 201 Å². The number of anilines is 1. The third-order valence-electron chi connectivity index (χ3n) is 6.13. The van der Waals surface area contributed by atoms with Gasteiger partial charge in [-0.1, -0.05) is 25.5 Å². The Hall–Kier alpha value is -3.55. The molecule has 1 fully saturated rings. The van der Waals surface area contributed by atoms with Crippen molar-refractivity contribution in [3.63, 3.8) is 0 Å². The summed E-state index contributed by atoms with van der Waals surface area (Å²) in [5, 5.41) is 15.4. The van der Waals surface area contributed by atoms with E-state index in [1.54, 1.807) is 24.3 Å². The van der Waals surface area contributed by atoms with Crippen LogP contribution in [0.1, 0.15) is 45.1 Å². The minimum Gasteiger partial charge on any atom is -0.490 e. The van der Waals surface area contributed by atoms with Gasteiger partial charge in [0.1, 0.15) is 29.5 Å². The van der Waals surface area contributed by atoms with Crippen LogP contribution in [0.4, 0.5) is 5.69 Å². The number of piperidine rings is 1. The number of carbonyl (C=O) groups is 1. The van der Waals surface area contributed by atoms with E-state index in [0.29, 0.717) is 23.6 Å². The number of nitrogens with zero attached hydrogens (tertiary/aromatic N) is 2. The van der Waals surface area contributed by atoms with Crippen LogP contribution in [0, 0.1) is 10.8 Å². The van der Waals surface area contributed by atoms with Crippen molar-refractivity contribution in [2.24, 2.45) is 5.73 Å². The molecule has 0 spiro atoms. The van der Waals surface area contributed by atoms with Crippen molar-refractivity contribution in [3.05, 3.63) is 54.1 Å². The molecular weight excluding hydrogens is 430 g/mol. The molecule has 1 atom stereocenters. The monoisotopic (exact) mass is 465 g/mol. The van der Waals surface area contributed by atoms with E-state index in [9.17, 15) is 4.79 Å². The Kier molecular flexibility index (Phi) is 8.51. The van der Waals surface area contributed by atoms with Crippen LogP contribution in [-0.2, 0) is 4.79 Å². The molecule has 1 aliphatic heterocycles. The van der Waals surface area contributed by atoms with Gasteiger partial charge in [-0.05, 0) is 49.7 Å². The summed E-state index contributed by atoms with van der Waals surface area (Å²) in [5.41, 5.74) is 7.04. The van der Waals surface area contributed by atoms with E-state index >= 15 is 0 Å². The number of carbonyl (C=O) groups excluding carboxylic acids is 1. The molecule has 0 radical (unpaired) electrons. The first-order valence-corrected chi connectivity index (χ1v) is 11.7. The van der Waals surface area contributed by atoms with Crippen LogP contribution in [-0.4, -0.2) is 54.8 Å². The summed E-state index contributed by atoms with van der Waals surface area (Å²) >= 11 is 0. The number of likely N-dealkylation sites (tertiary alicyclic amines) is 1. The third kappa shape index (κ3) is 6.50. The Bertz CT molecular complexity index is 1000. The number of benzene rings is 2. The largest absolute Gasteiger partial charge is 0.490 e. The second kappa shape index (κ2) is 11.5. The Morgan fingerprint density at radius 1 is 1.15 bits per heavy atom. The van der Waals surface area contributed by atoms with Crippen LogP contribution >= 0.6 is 0 Å². The zero-order valence-corrected chi connectivity index (χ0v) is 20.2. The molecule has 4 N–H and O–H groups in total. The number of rotatable bonds is 9. The minimum absolute atomic E-state index is 0.0115. The number of ether oxygens (including phenoxy) is 2. The Balaban J connectivity index is 1.61. The maximum atomic E-state index is 13.0. The zero-order chi connectivity index (χ0) is 24.7. The number of nitrogen functional groups attached to an aromatic ring is 1. The van der Waals surface area contributed by atoms with Crippen LogP contribution in [0.2, 0.25) is 0 Å². The zero-order valence-electron chi connectivity index (χ0n) is 20.2. The number of hydrogen-bond acceptors (Lipinski definition) is 6. The average molecular weight is 466 g/mol. The molecule has 2 aromatic rings. The van der Waals surface area contributed by atoms with E-state index in [-0.39, 0.29) is 17.9 Å². The van der Waals surface area contributed by atoms with Crippen LogP contribution in [0.15, 0.2) is 48.5 Å². The molecule has 1 heterocycles. The highest BCUT2D eigenvalue weighted by atomic mass is 16.5. The van der Waals surface area contributed by atoms with Crippen molar-refractivity contribution in [2.45, 2.75) is 51.7 Å². The van der Waals surface area contributed by atoms with Crippen molar-refractivity contribution >= 4 is 23.3 Å². The van der Waals surface area contributed by atoms with Gasteiger partial charge in [-0.25, -0.2) is 4.79 Å². The SMILES string of the molecule is CCC[C@@H](C(=O)Oc1ccc(OC2CCN(C(C)=N)CC2)cc1)N(C)c1cccc(C(=N)N)c1. The molecule has 34 heavy (non-hydrogen) atoms. The summed E-state index contributed by atoms with van der Waals surface area (Å²) in [7, 11) is 1.85. The summed E-state index contributed by atoms with van der Waals surface area (Å²) < 4.78 is 11.8. The summed E-state index contributed by atoms with van der Waals surface area (Å²) in [6.45, 7) is 5.50. The quantitative estimate of drug-likeness (QED) is 0.223. The summed E-state index contributed by atoms with van der Waals surface area (Å²) in [4.78, 5) is 17.0. The highest BCUT2D eigenvalue weighted by Crippen LogP contribution is 2.24. The standard InChI is InChI=1S/C26H35N5O3/c1-4-6-24(30(3)20-8-5-7-19(17-20)25(28)29)26(32)34-22-11-9-21(10-12-22)33-23-13-15-31(16-14-23)18(2)27/h5,7-12,17,23-24,27H,4,6,13-16H2,1-3H3,(H3,28,29)/t24-/m0/s1. The van der Waals surface area contributed by atoms with Gasteiger partial charge in [-0.2, -0.15) is 0 Å². The van der Waals surface area contributed by atoms with Gasteiger partial charge in [-0.3, -0.25) is 10.8 Å². The van der Waals surface area contributed by atoms with Crippen molar-refractivity contribution in [1.29, 1.82) is 10.8 Å². The van der Waals surface area contributed by atoms with Crippen molar-refractivity contribution in [1.82, 2.24) is 4.90 Å². The number of hydrogen-bond donors (Lipinski definition) is 3. The molecule has 182 valence electrons. The first-order chi connectivity index (χ1) is 16.3. The van der Waals surface area contributed by atoms with Gasteiger partial charge < -0.3 is 25.0 Å². The van der Waals surface area contributed by atoms with Crippen LogP contribution in [0.5, 0.6) is 11.5 Å². The number of likely N-dealkylation sites (N-methyl/N-ethyl adjacent to an activating group) is 1. The number of nitrogens with two attached hydrogens (primary N) is 1. The van der Waals surface area contributed by atoms with Gasteiger partial charge in [0.05, 0.1) is 5.84 Å². The molecule has 0 unspecified atom stereocenters. The molecule has 0 aliphatic carbocycles. The van der Waals surface area contributed by atoms with E-state index in [4.69, 9.17) is 26.0 Å². The van der Waals surface area contributed by atoms with Gasteiger partial charge in [0.15, 0.2) is 0 Å². The average Bonchev–Trinajstić information content (AvgIpc) is 2.83. The van der Waals surface area contributed by atoms with Crippen molar-refractivity contribution in [2.75, 3.05) is 25.0 Å². The van der Waals surface area contributed by atoms with Gasteiger partial charge in [0.25, 0.3) is 0 Å². The lowest BCUT2D eigenvalue weighted by Gasteiger charge is -2.32. The molecule has 1 saturated heterocycles. The predicted octanol–water partition coefficient (Wildman–Crippen LogP) is 4.02. The summed E-state index contributed by atoms with van der Waals surface area (Å²) in [5.74, 6) is 1.47. The van der Waals surface area contributed by atoms with Crippen LogP contribution in [0.25, 0.3) is 0 Å². The van der Waals surface area contributed by atoms with Crippen molar-refractivity contribution in [3.8, 4) is 11.5 Å². The maximum absolute atomic E-state index is 13.0. The van der Waals surface area contributed by atoms with E-state index in [1.165, 1.54) is 0 Å². The van der Waals surface area contributed by atoms with E-state index < -0.39 is 6.04 Å². The van der Waals surface area contributed by atoms with Gasteiger partial charge in [0.2, 0.25) is 0 Å². The molecular formula is C26H35N5O3. The third-order valence-corrected chi connectivity index (χ3v) is 6.13. The highest BCUT2D eigenvalue weighted by molar-refractivity contribution is 5.96. The predicted molar refractivity (Wildman–Crippen MR) is 135 cm³/mol. The second-order valence-corrected chi connectivity index (χ2v) is 8.66. The Morgan fingerprint density at radius 3 is 2.38 bits per heavy atom. The topological polar surface area (TPSA) is 116 Å². The highest BCUT2D eigenvalue weighted by Gasteiger charge is 2.25. The normalized spacial score (nSPS) is 14.9. The molecule has 1 aliphatic rings. The fraction of sp³-hybridized carbons (Fsp3) is 0.423. The summed E-state index contributed by atoms with van der Waals surface area (Å²) in [6.07, 6.45) is 3.33. The lowest BCUT2D eigenvalue weighted by molar-refractivity contribution is -0.136. The summed E-state index contributed by atoms with van der Waals surface area (Å²) in [6, 6.07) is 14.0. The number of esters is 1. The number of nitrogens with one attached hydrogen (secondary N) is 2. The number of amidine groups is 2. The van der Waals surface area contributed by atoms with Gasteiger partial charge in [-0.15, -0.1) is 0 Å². The molecule has 3 rings (SSSR count). The molecule has 8 nitrogen and oxygen atoms in total. The first-order valence-electron chi connectivity index (χ1n) is 11.7. The van der Waals surface area contributed by atoms with Crippen LogP contribution in [0.3, 0.4) is 0 Å². The lowest BCUT2D eigenvalue weighted by Crippen LogP contribution is -2.41. The molecule has 0 amide bonds. The van der Waals surface area contributed by atoms with Crippen LogP contribution < -0.4 is 20.1 Å². The molecule has 2 aromatic carbocycles. The molecule has 0 bridgehead atoms. The smallest absolute Gasteiger partial charge is 0.334 e. The van der Waals surface area contributed by atoms with Gasteiger partial charge in [0, 0.05) is 44.2 Å². The Morgan fingerprint density at radius 2 is 1.79 bits per heavy atom.